The van der Waals surface area contributed by atoms with Crippen LogP contribution in [0, 0.1) is 0 Å². The number of urea groups is 1. The monoisotopic (exact) mass is 306 g/mol. The number of hydrogen-bond acceptors (Lipinski definition) is 3. The molecule has 6 heteroatoms. The second-order valence-corrected chi connectivity index (χ2v) is 6.96. The molecule has 1 saturated carbocycles. The lowest BCUT2D eigenvalue weighted by Crippen LogP contribution is -2.47. The van der Waals surface area contributed by atoms with Crippen molar-refractivity contribution in [3.05, 3.63) is 28.4 Å². The molecule has 0 saturated heterocycles. The van der Waals surface area contributed by atoms with Gasteiger partial charge < -0.3 is 10.6 Å². The van der Waals surface area contributed by atoms with Crippen LogP contribution in [0.15, 0.2) is 17.2 Å². The van der Waals surface area contributed by atoms with E-state index in [1.807, 2.05) is 20.8 Å². The third-order valence-corrected chi connectivity index (χ3v) is 3.80. The van der Waals surface area contributed by atoms with Gasteiger partial charge >= 0.3 is 6.03 Å². The number of nitrogens with one attached hydrogen (secondary N) is 2. The van der Waals surface area contributed by atoms with Gasteiger partial charge in [0.2, 0.25) is 0 Å². The maximum atomic E-state index is 12.1. The molecule has 1 heterocycles. The summed E-state index contributed by atoms with van der Waals surface area (Å²) in [6, 6.07) is 1.42. The summed E-state index contributed by atoms with van der Waals surface area (Å²) in [5.74, 6) is 0.443. The molecule has 1 aromatic rings. The summed E-state index contributed by atoms with van der Waals surface area (Å²) in [5.41, 5.74) is 0.595. The molecule has 1 aliphatic rings. The topological polar surface area (TPSA) is 76.0 Å². The molecule has 0 radical (unpaired) electrons. The molecule has 0 bridgehead atoms. The van der Waals surface area contributed by atoms with E-state index in [4.69, 9.17) is 0 Å². The van der Waals surface area contributed by atoms with E-state index in [0.29, 0.717) is 19.0 Å². The molecule has 22 heavy (non-hydrogen) atoms. The summed E-state index contributed by atoms with van der Waals surface area (Å²) in [5, 5.41) is 5.56. The zero-order chi connectivity index (χ0) is 16.2. The Balaban J connectivity index is 1.85. The van der Waals surface area contributed by atoms with Crippen LogP contribution in [0.25, 0.3) is 0 Å². The van der Waals surface area contributed by atoms with Crippen LogP contribution >= 0.6 is 0 Å². The van der Waals surface area contributed by atoms with E-state index in [2.05, 4.69) is 15.6 Å². The van der Waals surface area contributed by atoms with E-state index in [0.717, 1.165) is 18.5 Å². The van der Waals surface area contributed by atoms with Gasteiger partial charge in [-0.15, -0.1) is 0 Å². The number of nitrogens with zero attached hydrogens (tertiary/aromatic N) is 2. The first-order valence-corrected chi connectivity index (χ1v) is 7.97. The zero-order valence-electron chi connectivity index (χ0n) is 13.7. The van der Waals surface area contributed by atoms with Crippen LogP contribution < -0.4 is 16.2 Å². The summed E-state index contributed by atoms with van der Waals surface area (Å²) in [4.78, 5) is 28.1. The fourth-order valence-corrected chi connectivity index (χ4v) is 2.73. The van der Waals surface area contributed by atoms with E-state index < -0.39 is 0 Å². The Morgan fingerprint density at radius 2 is 2.05 bits per heavy atom. The smallest absolute Gasteiger partial charge is 0.315 e. The Labute approximate surface area is 131 Å². The lowest BCUT2D eigenvalue weighted by molar-refractivity contribution is 0.231. The van der Waals surface area contributed by atoms with Gasteiger partial charge in [-0.3, -0.25) is 9.36 Å². The highest BCUT2D eigenvalue weighted by Crippen LogP contribution is 2.32. The number of hydrogen-bond donors (Lipinski definition) is 2. The van der Waals surface area contributed by atoms with Crippen molar-refractivity contribution in [1.82, 2.24) is 20.2 Å². The van der Waals surface area contributed by atoms with Crippen molar-refractivity contribution < 1.29 is 4.79 Å². The minimum absolute atomic E-state index is 0.0464. The average Bonchev–Trinajstić information content (AvgIpc) is 2.92. The molecule has 1 aromatic heterocycles. The van der Waals surface area contributed by atoms with E-state index in [1.54, 1.807) is 12.4 Å². The van der Waals surface area contributed by atoms with E-state index in [1.165, 1.54) is 17.4 Å². The van der Waals surface area contributed by atoms with Crippen molar-refractivity contribution in [2.75, 3.05) is 6.54 Å². The van der Waals surface area contributed by atoms with Gasteiger partial charge in [0.1, 0.15) is 0 Å². The summed E-state index contributed by atoms with van der Waals surface area (Å²) >= 11 is 0. The fourth-order valence-electron chi connectivity index (χ4n) is 2.73. The summed E-state index contributed by atoms with van der Waals surface area (Å²) < 4.78 is 1.54. The molecule has 2 amide bonds. The first-order valence-electron chi connectivity index (χ1n) is 7.97. The van der Waals surface area contributed by atoms with E-state index in [9.17, 15) is 9.59 Å². The van der Waals surface area contributed by atoms with Gasteiger partial charge in [0.15, 0.2) is 0 Å². The molecule has 0 aliphatic heterocycles. The van der Waals surface area contributed by atoms with Gasteiger partial charge in [0, 0.05) is 30.6 Å². The Morgan fingerprint density at radius 1 is 1.36 bits per heavy atom. The predicted octanol–water partition coefficient (Wildman–Crippen LogP) is 2.00. The summed E-state index contributed by atoms with van der Waals surface area (Å²) in [7, 11) is 0. The quantitative estimate of drug-likeness (QED) is 0.893. The molecule has 1 fully saturated rings. The number of aromatic nitrogens is 2. The Kier molecular flexibility index (Phi) is 5.21. The van der Waals surface area contributed by atoms with Crippen molar-refractivity contribution >= 4 is 6.03 Å². The lowest BCUT2D eigenvalue weighted by Gasteiger charge is -2.20. The maximum absolute atomic E-state index is 12.1. The zero-order valence-corrected chi connectivity index (χ0v) is 13.7. The van der Waals surface area contributed by atoms with Crippen LogP contribution in [-0.2, 0) is 6.54 Å². The van der Waals surface area contributed by atoms with Gasteiger partial charge in [-0.1, -0.05) is 12.8 Å². The van der Waals surface area contributed by atoms with Crippen LogP contribution in [0.2, 0.25) is 0 Å². The SMILES string of the molecule is CC(C)(C)NC(=O)NCCn1cnc(C2CCCC2)cc1=O. The Hall–Kier alpha value is -1.85. The van der Waals surface area contributed by atoms with Crippen LogP contribution in [0.1, 0.15) is 58.1 Å². The molecule has 2 rings (SSSR count). The van der Waals surface area contributed by atoms with Gasteiger partial charge in [-0.05, 0) is 33.6 Å². The standard InChI is InChI=1S/C16H26N4O2/c1-16(2,3)19-15(22)17-8-9-20-11-18-13(10-14(20)21)12-6-4-5-7-12/h10-12H,4-9H2,1-3H3,(H2,17,19,22). The third kappa shape index (κ3) is 4.86. The first-order chi connectivity index (χ1) is 10.3. The van der Waals surface area contributed by atoms with Crippen LogP contribution in [0.3, 0.4) is 0 Å². The molecule has 122 valence electrons. The molecule has 0 aromatic carbocycles. The molecule has 2 N–H and O–H groups in total. The molecule has 6 nitrogen and oxygen atoms in total. The average molecular weight is 306 g/mol. The van der Waals surface area contributed by atoms with Gasteiger partial charge in [0.05, 0.1) is 12.0 Å². The van der Waals surface area contributed by atoms with Crippen LogP contribution in [0.4, 0.5) is 4.79 Å². The molecule has 0 atom stereocenters. The Bertz CT molecular complexity index is 568. The normalized spacial score (nSPS) is 15.8. The number of rotatable bonds is 4. The molecular formula is C16H26N4O2. The second-order valence-electron chi connectivity index (χ2n) is 6.96. The van der Waals surface area contributed by atoms with Crippen molar-refractivity contribution in [3.63, 3.8) is 0 Å². The largest absolute Gasteiger partial charge is 0.336 e. The van der Waals surface area contributed by atoms with Crippen molar-refractivity contribution in [1.29, 1.82) is 0 Å². The maximum Gasteiger partial charge on any atom is 0.315 e. The third-order valence-electron chi connectivity index (χ3n) is 3.80. The predicted molar refractivity (Wildman–Crippen MR) is 86.0 cm³/mol. The summed E-state index contributed by atoms with van der Waals surface area (Å²) in [6.45, 7) is 6.58. The van der Waals surface area contributed by atoms with Crippen molar-refractivity contribution in [2.45, 2.75) is 64.5 Å². The second kappa shape index (κ2) is 6.94. The highest BCUT2D eigenvalue weighted by atomic mass is 16.2. The van der Waals surface area contributed by atoms with Crippen molar-refractivity contribution in [3.8, 4) is 0 Å². The molecule has 0 spiro atoms. The highest BCUT2D eigenvalue weighted by Gasteiger charge is 2.19. The van der Waals surface area contributed by atoms with Gasteiger partial charge in [0.25, 0.3) is 5.56 Å². The Morgan fingerprint density at radius 3 is 2.64 bits per heavy atom. The van der Waals surface area contributed by atoms with Crippen LogP contribution in [-0.4, -0.2) is 27.7 Å². The van der Waals surface area contributed by atoms with Crippen molar-refractivity contribution in [2.24, 2.45) is 0 Å². The molecule has 1 aliphatic carbocycles. The molecular weight excluding hydrogens is 280 g/mol. The minimum Gasteiger partial charge on any atom is -0.336 e. The molecule has 0 unspecified atom stereocenters. The highest BCUT2D eigenvalue weighted by molar-refractivity contribution is 5.74. The summed E-state index contributed by atoms with van der Waals surface area (Å²) in [6.07, 6.45) is 6.31. The first kappa shape index (κ1) is 16.5. The number of amides is 2. The van der Waals surface area contributed by atoms with Gasteiger partial charge in [-0.2, -0.15) is 0 Å². The fraction of sp³-hybridized carbons (Fsp3) is 0.688. The number of carbonyl (C=O) groups is 1. The van der Waals surface area contributed by atoms with Gasteiger partial charge in [-0.25, -0.2) is 9.78 Å². The minimum atomic E-state index is -0.272. The van der Waals surface area contributed by atoms with E-state index >= 15 is 0 Å². The van der Waals surface area contributed by atoms with E-state index in [-0.39, 0.29) is 17.1 Å². The number of carbonyl (C=O) groups excluding carboxylic acids is 1. The lowest BCUT2D eigenvalue weighted by atomic mass is 10.0. The van der Waals surface area contributed by atoms with Crippen LogP contribution in [0.5, 0.6) is 0 Å².